The van der Waals surface area contributed by atoms with Crippen molar-refractivity contribution in [2.24, 2.45) is 0 Å². The van der Waals surface area contributed by atoms with Gasteiger partial charge in [0.05, 0.1) is 17.1 Å². The van der Waals surface area contributed by atoms with Crippen molar-refractivity contribution in [2.75, 3.05) is 16.0 Å². The zero-order valence-corrected chi connectivity index (χ0v) is 16.1. The van der Waals surface area contributed by atoms with E-state index in [1.165, 1.54) is 11.8 Å². The Bertz CT molecular complexity index is 1000. The number of benzene rings is 2. The molecule has 0 unspecified atom stereocenters. The van der Waals surface area contributed by atoms with E-state index >= 15 is 0 Å². The summed E-state index contributed by atoms with van der Waals surface area (Å²) in [6.45, 7) is 1.89. The van der Waals surface area contributed by atoms with E-state index in [0.29, 0.717) is 10.8 Å². The number of amides is 2. The molecule has 0 fully saturated rings. The summed E-state index contributed by atoms with van der Waals surface area (Å²) in [6, 6.07) is 16.9. The molecule has 4 rings (SSSR count). The second-order valence-electron chi connectivity index (χ2n) is 6.49. The second kappa shape index (κ2) is 7.85. The lowest BCUT2D eigenvalue weighted by Crippen LogP contribution is -2.40. The Morgan fingerprint density at radius 3 is 2.75 bits per heavy atom. The van der Waals surface area contributed by atoms with Crippen LogP contribution in [0, 0.1) is 0 Å². The van der Waals surface area contributed by atoms with Crippen molar-refractivity contribution in [2.45, 2.75) is 24.5 Å². The Kier molecular flexibility index (Phi) is 5.12. The first-order valence-electron chi connectivity index (χ1n) is 8.92. The minimum Gasteiger partial charge on any atom is -0.324 e. The predicted octanol–water partition coefficient (Wildman–Crippen LogP) is 3.12. The molecule has 1 aliphatic rings. The minimum atomic E-state index is -0.233. The van der Waals surface area contributed by atoms with Crippen molar-refractivity contribution in [3.05, 3.63) is 60.9 Å². The average molecular weight is 393 g/mol. The quantitative estimate of drug-likeness (QED) is 0.689. The molecule has 0 spiro atoms. The van der Waals surface area contributed by atoms with Gasteiger partial charge in [0.1, 0.15) is 6.33 Å². The predicted molar refractivity (Wildman–Crippen MR) is 109 cm³/mol. The van der Waals surface area contributed by atoms with Crippen LogP contribution >= 0.6 is 11.8 Å². The molecule has 0 saturated carbocycles. The number of para-hydroxylation sites is 3. The maximum atomic E-state index is 13.1. The molecule has 1 aromatic heterocycles. The van der Waals surface area contributed by atoms with Gasteiger partial charge in [-0.3, -0.25) is 14.2 Å². The molecular weight excluding hydrogens is 374 g/mol. The third kappa shape index (κ3) is 3.63. The molecule has 142 valence electrons. The number of carbonyl (C=O) groups is 2. The van der Waals surface area contributed by atoms with E-state index < -0.39 is 0 Å². The number of rotatable bonds is 4. The highest BCUT2D eigenvalue weighted by molar-refractivity contribution is 7.99. The van der Waals surface area contributed by atoms with E-state index in [1.54, 1.807) is 11.2 Å². The smallest absolute Gasteiger partial charge is 0.237 e. The summed E-state index contributed by atoms with van der Waals surface area (Å²) in [5, 5.41) is 11.6. The summed E-state index contributed by atoms with van der Waals surface area (Å²) >= 11 is 1.33. The SMILES string of the molecule is C[C@H]1CC(=O)Nc2ccccc2N1C(=O)CSc1nncn1-c1ccccc1. The van der Waals surface area contributed by atoms with E-state index in [-0.39, 0.29) is 30.0 Å². The lowest BCUT2D eigenvalue weighted by Gasteiger charge is -2.27. The van der Waals surface area contributed by atoms with Gasteiger partial charge in [0.2, 0.25) is 11.8 Å². The molecule has 0 radical (unpaired) electrons. The van der Waals surface area contributed by atoms with Crippen molar-refractivity contribution in [3.63, 3.8) is 0 Å². The molecule has 1 N–H and O–H groups in total. The van der Waals surface area contributed by atoms with Crippen LogP contribution in [0.2, 0.25) is 0 Å². The number of nitrogens with zero attached hydrogens (tertiary/aromatic N) is 4. The highest BCUT2D eigenvalue weighted by atomic mass is 32.2. The molecule has 3 aromatic rings. The monoisotopic (exact) mass is 393 g/mol. The topological polar surface area (TPSA) is 80.1 Å². The maximum Gasteiger partial charge on any atom is 0.237 e. The molecule has 2 heterocycles. The number of hydrogen-bond acceptors (Lipinski definition) is 5. The fourth-order valence-electron chi connectivity index (χ4n) is 3.25. The van der Waals surface area contributed by atoms with E-state index in [4.69, 9.17) is 0 Å². The van der Waals surface area contributed by atoms with Gasteiger partial charge in [-0.15, -0.1) is 10.2 Å². The van der Waals surface area contributed by atoms with Gasteiger partial charge in [-0.05, 0) is 31.2 Å². The first-order chi connectivity index (χ1) is 13.6. The summed E-state index contributed by atoms with van der Waals surface area (Å²) in [6.07, 6.45) is 1.89. The maximum absolute atomic E-state index is 13.1. The first-order valence-corrected chi connectivity index (χ1v) is 9.91. The normalized spacial score (nSPS) is 16.2. The van der Waals surface area contributed by atoms with Crippen LogP contribution < -0.4 is 10.2 Å². The van der Waals surface area contributed by atoms with Gasteiger partial charge in [0, 0.05) is 18.2 Å². The van der Waals surface area contributed by atoms with Crippen molar-refractivity contribution in [3.8, 4) is 5.69 Å². The molecule has 0 saturated heterocycles. The van der Waals surface area contributed by atoms with Gasteiger partial charge in [-0.25, -0.2) is 0 Å². The molecule has 28 heavy (non-hydrogen) atoms. The fraction of sp³-hybridized carbons (Fsp3) is 0.200. The Morgan fingerprint density at radius 2 is 1.93 bits per heavy atom. The highest BCUT2D eigenvalue weighted by Gasteiger charge is 2.29. The van der Waals surface area contributed by atoms with Crippen LogP contribution in [-0.4, -0.2) is 38.4 Å². The van der Waals surface area contributed by atoms with Gasteiger partial charge in [0.25, 0.3) is 0 Å². The van der Waals surface area contributed by atoms with Crippen LogP contribution in [0.3, 0.4) is 0 Å². The molecule has 0 bridgehead atoms. The number of thioether (sulfide) groups is 1. The zero-order chi connectivity index (χ0) is 19.5. The largest absolute Gasteiger partial charge is 0.324 e. The van der Waals surface area contributed by atoms with E-state index in [2.05, 4.69) is 15.5 Å². The standard InChI is InChI=1S/C20H19N5O2S/c1-14-11-18(26)22-16-9-5-6-10-17(16)25(14)19(27)12-28-20-23-21-13-24(20)15-7-3-2-4-8-15/h2-10,13-14H,11-12H2,1H3,(H,22,26)/t14-/m0/s1. The molecule has 7 nitrogen and oxygen atoms in total. The van der Waals surface area contributed by atoms with Crippen molar-refractivity contribution >= 4 is 35.0 Å². The zero-order valence-electron chi connectivity index (χ0n) is 15.3. The second-order valence-corrected chi connectivity index (χ2v) is 7.43. The van der Waals surface area contributed by atoms with Crippen LogP contribution in [0.1, 0.15) is 13.3 Å². The number of nitrogens with one attached hydrogen (secondary N) is 1. The lowest BCUT2D eigenvalue weighted by atomic mass is 10.2. The van der Waals surface area contributed by atoms with Crippen LogP contribution in [0.15, 0.2) is 66.1 Å². The van der Waals surface area contributed by atoms with Gasteiger partial charge >= 0.3 is 0 Å². The first kappa shape index (κ1) is 18.2. The van der Waals surface area contributed by atoms with Crippen molar-refractivity contribution < 1.29 is 9.59 Å². The third-order valence-electron chi connectivity index (χ3n) is 4.50. The van der Waals surface area contributed by atoms with E-state index in [1.807, 2.05) is 66.1 Å². The highest BCUT2D eigenvalue weighted by Crippen LogP contribution is 2.32. The van der Waals surface area contributed by atoms with Gasteiger partial charge < -0.3 is 10.2 Å². The molecule has 2 aromatic carbocycles. The van der Waals surface area contributed by atoms with Gasteiger partial charge in [-0.2, -0.15) is 0 Å². The van der Waals surface area contributed by atoms with E-state index in [9.17, 15) is 9.59 Å². The molecule has 1 atom stereocenters. The van der Waals surface area contributed by atoms with Gasteiger partial charge in [0.15, 0.2) is 5.16 Å². The summed E-state index contributed by atoms with van der Waals surface area (Å²) < 4.78 is 1.85. The van der Waals surface area contributed by atoms with Crippen LogP contribution in [0.4, 0.5) is 11.4 Å². The van der Waals surface area contributed by atoms with Crippen molar-refractivity contribution in [1.82, 2.24) is 14.8 Å². The Hall–Kier alpha value is -3.13. The third-order valence-corrected chi connectivity index (χ3v) is 5.43. The van der Waals surface area contributed by atoms with Crippen LogP contribution in [-0.2, 0) is 9.59 Å². The number of hydrogen-bond donors (Lipinski definition) is 1. The minimum absolute atomic E-state index is 0.0796. The molecule has 8 heteroatoms. The summed E-state index contributed by atoms with van der Waals surface area (Å²) in [5.41, 5.74) is 2.31. The molecule has 2 amide bonds. The Morgan fingerprint density at radius 1 is 1.18 bits per heavy atom. The number of fused-ring (bicyclic) bond motifs is 1. The van der Waals surface area contributed by atoms with Crippen LogP contribution in [0.5, 0.6) is 0 Å². The van der Waals surface area contributed by atoms with E-state index in [0.717, 1.165) is 11.4 Å². The van der Waals surface area contributed by atoms with Crippen LogP contribution in [0.25, 0.3) is 5.69 Å². The summed E-state index contributed by atoms with van der Waals surface area (Å²) in [7, 11) is 0. The Balaban J connectivity index is 1.55. The fourth-order valence-corrected chi connectivity index (χ4v) is 4.04. The molecule has 0 aliphatic carbocycles. The molecular formula is C20H19N5O2S. The number of carbonyl (C=O) groups excluding carboxylic acids is 2. The van der Waals surface area contributed by atoms with Gasteiger partial charge in [-0.1, -0.05) is 42.1 Å². The summed E-state index contributed by atoms with van der Waals surface area (Å²) in [4.78, 5) is 26.9. The Labute approximate surface area is 166 Å². The van der Waals surface area contributed by atoms with Crippen molar-refractivity contribution in [1.29, 1.82) is 0 Å². The summed E-state index contributed by atoms with van der Waals surface area (Å²) in [5.74, 6) is 0.0223. The number of aromatic nitrogens is 3. The number of anilines is 2. The average Bonchev–Trinajstić information content (AvgIpc) is 3.12. The molecule has 1 aliphatic heterocycles. The lowest BCUT2D eigenvalue weighted by molar-refractivity contribution is -0.117.